The molecule has 0 spiro atoms. The molecule has 0 saturated carbocycles. The number of amides is 4. The second kappa shape index (κ2) is 8.34. The molecule has 1 aliphatic rings. The predicted octanol–water partition coefficient (Wildman–Crippen LogP) is 2.28. The standard InChI is InChI=1S/C20H19N3O5/c1-2-28-19(26)13-7-9-14(10-8-13)22-20(27)21-11-12-23-17(24)15-5-3-4-6-16(15)18(23)25/h3-10H,2,11-12H2,1H3,(H2,21,22,27). The summed E-state index contributed by atoms with van der Waals surface area (Å²) in [6.45, 7) is 2.19. The van der Waals surface area contributed by atoms with Gasteiger partial charge in [0.15, 0.2) is 0 Å². The van der Waals surface area contributed by atoms with Gasteiger partial charge in [0.05, 0.1) is 23.3 Å². The van der Waals surface area contributed by atoms with Crippen LogP contribution in [0, 0.1) is 0 Å². The highest BCUT2D eigenvalue weighted by molar-refractivity contribution is 6.21. The number of rotatable bonds is 6. The third-order valence-corrected chi connectivity index (χ3v) is 4.15. The first-order valence-corrected chi connectivity index (χ1v) is 8.78. The Morgan fingerprint density at radius 3 is 2.14 bits per heavy atom. The van der Waals surface area contributed by atoms with Gasteiger partial charge in [0.2, 0.25) is 0 Å². The van der Waals surface area contributed by atoms with E-state index in [2.05, 4.69) is 10.6 Å². The Labute approximate surface area is 161 Å². The molecule has 2 aromatic rings. The molecular formula is C20H19N3O5. The number of urea groups is 1. The zero-order valence-electron chi connectivity index (χ0n) is 15.2. The maximum Gasteiger partial charge on any atom is 0.338 e. The molecule has 0 bridgehead atoms. The lowest BCUT2D eigenvalue weighted by molar-refractivity contribution is 0.0525. The van der Waals surface area contributed by atoms with Crippen LogP contribution >= 0.6 is 0 Å². The van der Waals surface area contributed by atoms with E-state index in [1.54, 1.807) is 55.5 Å². The SMILES string of the molecule is CCOC(=O)c1ccc(NC(=O)NCCN2C(=O)c3ccccc3C2=O)cc1. The van der Waals surface area contributed by atoms with Crippen LogP contribution in [0.2, 0.25) is 0 Å². The summed E-state index contributed by atoms with van der Waals surface area (Å²) in [6.07, 6.45) is 0. The average molecular weight is 381 g/mol. The Morgan fingerprint density at radius 2 is 1.57 bits per heavy atom. The van der Waals surface area contributed by atoms with Crippen molar-refractivity contribution in [1.82, 2.24) is 10.2 Å². The molecule has 0 saturated heterocycles. The molecule has 0 fully saturated rings. The van der Waals surface area contributed by atoms with Gasteiger partial charge in [-0.3, -0.25) is 14.5 Å². The van der Waals surface area contributed by atoms with Crippen molar-refractivity contribution in [1.29, 1.82) is 0 Å². The van der Waals surface area contributed by atoms with Gasteiger partial charge in [-0.2, -0.15) is 0 Å². The molecule has 1 heterocycles. The van der Waals surface area contributed by atoms with Gasteiger partial charge in [-0.25, -0.2) is 9.59 Å². The molecule has 1 aliphatic heterocycles. The van der Waals surface area contributed by atoms with Crippen LogP contribution in [0.5, 0.6) is 0 Å². The van der Waals surface area contributed by atoms with Crippen molar-refractivity contribution >= 4 is 29.5 Å². The second-order valence-electron chi connectivity index (χ2n) is 5.99. The Kier molecular flexibility index (Phi) is 5.69. The molecule has 2 N–H and O–H groups in total. The van der Waals surface area contributed by atoms with Gasteiger partial charge in [0, 0.05) is 18.8 Å². The molecule has 8 nitrogen and oxygen atoms in total. The number of fused-ring (bicyclic) bond motifs is 1. The van der Waals surface area contributed by atoms with Gasteiger partial charge >= 0.3 is 12.0 Å². The van der Waals surface area contributed by atoms with Gasteiger partial charge in [-0.15, -0.1) is 0 Å². The molecule has 144 valence electrons. The number of hydrogen-bond acceptors (Lipinski definition) is 5. The number of imide groups is 1. The largest absolute Gasteiger partial charge is 0.462 e. The van der Waals surface area contributed by atoms with Crippen molar-refractivity contribution in [3.8, 4) is 0 Å². The van der Waals surface area contributed by atoms with E-state index in [0.29, 0.717) is 22.4 Å². The van der Waals surface area contributed by atoms with E-state index in [1.807, 2.05) is 0 Å². The highest BCUT2D eigenvalue weighted by Gasteiger charge is 2.34. The van der Waals surface area contributed by atoms with Crippen molar-refractivity contribution < 1.29 is 23.9 Å². The lowest BCUT2D eigenvalue weighted by atomic mass is 10.1. The fourth-order valence-electron chi connectivity index (χ4n) is 2.80. The summed E-state index contributed by atoms with van der Waals surface area (Å²) in [5.41, 5.74) is 1.63. The number of esters is 1. The zero-order chi connectivity index (χ0) is 20.1. The van der Waals surface area contributed by atoms with E-state index < -0.39 is 12.0 Å². The third-order valence-electron chi connectivity index (χ3n) is 4.15. The van der Waals surface area contributed by atoms with Gasteiger partial charge in [0.1, 0.15) is 0 Å². The maximum absolute atomic E-state index is 12.2. The molecule has 8 heteroatoms. The fourth-order valence-corrected chi connectivity index (χ4v) is 2.80. The smallest absolute Gasteiger partial charge is 0.338 e. The van der Waals surface area contributed by atoms with Gasteiger partial charge in [-0.05, 0) is 43.3 Å². The summed E-state index contributed by atoms with van der Waals surface area (Å²) in [6, 6.07) is 12.4. The number of nitrogens with zero attached hydrogens (tertiary/aromatic N) is 1. The zero-order valence-corrected chi connectivity index (χ0v) is 15.2. The number of carbonyl (C=O) groups is 4. The summed E-state index contributed by atoms with van der Waals surface area (Å²) >= 11 is 0. The van der Waals surface area contributed by atoms with E-state index in [9.17, 15) is 19.2 Å². The summed E-state index contributed by atoms with van der Waals surface area (Å²) in [7, 11) is 0. The van der Waals surface area contributed by atoms with Crippen molar-refractivity contribution in [2.45, 2.75) is 6.92 Å². The first kappa shape index (κ1) is 19.1. The lowest BCUT2D eigenvalue weighted by Crippen LogP contribution is -2.39. The van der Waals surface area contributed by atoms with Crippen LogP contribution in [0.25, 0.3) is 0 Å². The van der Waals surface area contributed by atoms with Crippen molar-refractivity contribution in [3.05, 3.63) is 65.2 Å². The molecule has 2 aromatic carbocycles. The van der Waals surface area contributed by atoms with E-state index in [0.717, 1.165) is 4.90 Å². The van der Waals surface area contributed by atoms with Crippen LogP contribution in [0.3, 0.4) is 0 Å². The molecule has 0 radical (unpaired) electrons. The number of anilines is 1. The highest BCUT2D eigenvalue weighted by Crippen LogP contribution is 2.21. The quantitative estimate of drug-likeness (QED) is 0.590. The number of benzene rings is 2. The van der Waals surface area contributed by atoms with Crippen molar-refractivity contribution in [3.63, 3.8) is 0 Å². The molecule has 0 aliphatic carbocycles. The Bertz CT molecular complexity index is 889. The third kappa shape index (κ3) is 4.01. The van der Waals surface area contributed by atoms with Gasteiger partial charge < -0.3 is 15.4 Å². The molecule has 0 aromatic heterocycles. The van der Waals surface area contributed by atoms with E-state index in [-0.39, 0.29) is 31.5 Å². The number of hydrogen-bond donors (Lipinski definition) is 2. The normalized spacial score (nSPS) is 12.5. The highest BCUT2D eigenvalue weighted by atomic mass is 16.5. The molecule has 4 amide bonds. The summed E-state index contributed by atoms with van der Waals surface area (Å²) in [4.78, 5) is 49.2. The topological polar surface area (TPSA) is 105 Å². The van der Waals surface area contributed by atoms with Crippen LogP contribution in [-0.4, -0.2) is 48.4 Å². The maximum atomic E-state index is 12.2. The molecule has 0 atom stereocenters. The predicted molar refractivity (Wildman–Crippen MR) is 101 cm³/mol. The monoisotopic (exact) mass is 381 g/mol. The van der Waals surface area contributed by atoms with Crippen LogP contribution in [0.15, 0.2) is 48.5 Å². The minimum absolute atomic E-state index is 0.0710. The van der Waals surface area contributed by atoms with Crippen molar-refractivity contribution in [2.75, 3.05) is 25.0 Å². The first-order chi connectivity index (χ1) is 13.5. The molecule has 3 rings (SSSR count). The number of ether oxygens (including phenoxy) is 1. The Morgan fingerprint density at radius 1 is 0.964 bits per heavy atom. The minimum Gasteiger partial charge on any atom is -0.462 e. The van der Waals surface area contributed by atoms with E-state index in [1.165, 1.54) is 0 Å². The average Bonchev–Trinajstić information content (AvgIpc) is 2.94. The van der Waals surface area contributed by atoms with Crippen LogP contribution < -0.4 is 10.6 Å². The second-order valence-corrected chi connectivity index (χ2v) is 5.99. The van der Waals surface area contributed by atoms with Crippen LogP contribution in [0.1, 0.15) is 38.0 Å². The van der Waals surface area contributed by atoms with Gasteiger partial charge in [0.25, 0.3) is 11.8 Å². The molecular weight excluding hydrogens is 362 g/mol. The minimum atomic E-state index is -0.486. The molecule has 0 unspecified atom stereocenters. The van der Waals surface area contributed by atoms with Crippen LogP contribution in [0.4, 0.5) is 10.5 Å². The van der Waals surface area contributed by atoms with E-state index in [4.69, 9.17) is 4.74 Å². The van der Waals surface area contributed by atoms with Crippen LogP contribution in [-0.2, 0) is 4.74 Å². The fraction of sp³-hybridized carbons (Fsp3) is 0.200. The Hall–Kier alpha value is -3.68. The lowest BCUT2D eigenvalue weighted by Gasteiger charge is -2.14. The van der Waals surface area contributed by atoms with E-state index >= 15 is 0 Å². The Balaban J connectivity index is 1.48. The molecule has 28 heavy (non-hydrogen) atoms. The van der Waals surface area contributed by atoms with Gasteiger partial charge in [-0.1, -0.05) is 12.1 Å². The summed E-state index contributed by atoms with van der Waals surface area (Å²) in [5, 5.41) is 5.21. The summed E-state index contributed by atoms with van der Waals surface area (Å²) in [5.74, 6) is -1.16. The summed E-state index contributed by atoms with van der Waals surface area (Å²) < 4.78 is 4.89. The number of nitrogens with one attached hydrogen (secondary N) is 2. The van der Waals surface area contributed by atoms with Crippen molar-refractivity contribution in [2.24, 2.45) is 0 Å². The first-order valence-electron chi connectivity index (χ1n) is 8.78. The number of carbonyl (C=O) groups excluding carboxylic acids is 4.